The number of hydrogen-bond acceptors (Lipinski definition) is 1. The van der Waals surface area contributed by atoms with E-state index in [1.54, 1.807) is 0 Å². The third-order valence-electron chi connectivity index (χ3n) is 1.61. The maximum atomic E-state index is 8.79. The summed E-state index contributed by atoms with van der Waals surface area (Å²) in [5.74, 6) is 0.527. The zero-order chi connectivity index (χ0) is 9.56. The fourth-order valence-electron chi connectivity index (χ4n) is 1.07. The van der Waals surface area contributed by atoms with Crippen LogP contribution in [0, 0.1) is 5.92 Å². The van der Waals surface area contributed by atoms with Crippen LogP contribution in [0.15, 0.2) is 11.6 Å². The normalized spacial score (nSPS) is 17.6. The fraction of sp³-hybridized carbons (Fsp3) is 0.778. The Morgan fingerprint density at radius 2 is 2.17 bits per heavy atom. The standard InChI is InChI=1S/C9H16Br2O/c1-7(3-8(2)6-12)4-9(11)5-10/h3,7,9,12H,4-6H2,1-2H3. The molecular weight excluding hydrogens is 284 g/mol. The molecule has 0 saturated heterocycles. The molecule has 72 valence electrons. The van der Waals surface area contributed by atoms with Crippen molar-refractivity contribution in [3.05, 3.63) is 11.6 Å². The van der Waals surface area contributed by atoms with Gasteiger partial charge in [-0.3, -0.25) is 0 Å². The first kappa shape index (κ1) is 12.7. The molecule has 0 radical (unpaired) electrons. The molecule has 12 heavy (non-hydrogen) atoms. The van der Waals surface area contributed by atoms with E-state index in [9.17, 15) is 0 Å². The number of halogens is 2. The van der Waals surface area contributed by atoms with Crippen LogP contribution in [0.4, 0.5) is 0 Å². The molecule has 3 heteroatoms. The van der Waals surface area contributed by atoms with Crippen molar-refractivity contribution >= 4 is 31.9 Å². The Bertz CT molecular complexity index is 145. The Morgan fingerprint density at radius 1 is 1.58 bits per heavy atom. The lowest BCUT2D eigenvalue weighted by Gasteiger charge is -2.10. The molecule has 0 aliphatic carbocycles. The van der Waals surface area contributed by atoms with E-state index in [1.807, 2.05) is 6.92 Å². The number of aliphatic hydroxyl groups is 1. The van der Waals surface area contributed by atoms with E-state index >= 15 is 0 Å². The summed E-state index contributed by atoms with van der Waals surface area (Å²) in [6.45, 7) is 4.29. The van der Waals surface area contributed by atoms with E-state index in [0.717, 1.165) is 17.3 Å². The van der Waals surface area contributed by atoms with Crippen molar-refractivity contribution in [3.63, 3.8) is 0 Å². The van der Waals surface area contributed by atoms with Gasteiger partial charge in [-0.05, 0) is 19.3 Å². The van der Waals surface area contributed by atoms with Crippen LogP contribution < -0.4 is 0 Å². The van der Waals surface area contributed by atoms with Gasteiger partial charge in [0, 0.05) is 10.2 Å². The van der Waals surface area contributed by atoms with Gasteiger partial charge >= 0.3 is 0 Å². The predicted octanol–water partition coefficient (Wildman–Crippen LogP) is 3.11. The molecule has 0 amide bonds. The van der Waals surface area contributed by atoms with Crippen molar-refractivity contribution in [2.45, 2.75) is 25.1 Å². The van der Waals surface area contributed by atoms with Crippen molar-refractivity contribution < 1.29 is 5.11 Å². The summed E-state index contributed by atoms with van der Waals surface area (Å²) in [7, 11) is 0. The molecule has 0 rings (SSSR count). The second-order valence-corrected chi connectivity index (χ2v) is 5.08. The number of rotatable bonds is 5. The molecule has 0 aliphatic rings. The van der Waals surface area contributed by atoms with E-state index in [0.29, 0.717) is 10.7 Å². The van der Waals surface area contributed by atoms with Crippen molar-refractivity contribution in [1.29, 1.82) is 0 Å². The monoisotopic (exact) mass is 298 g/mol. The third-order valence-corrected chi connectivity index (χ3v) is 3.96. The molecule has 0 aromatic heterocycles. The molecule has 0 fully saturated rings. The third kappa shape index (κ3) is 6.21. The van der Waals surface area contributed by atoms with Crippen LogP contribution >= 0.6 is 31.9 Å². The summed E-state index contributed by atoms with van der Waals surface area (Å²) in [5, 5.41) is 9.76. The maximum Gasteiger partial charge on any atom is 0.0639 e. The minimum Gasteiger partial charge on any atom is -0.392 e. The summed E-state index contributed by atoms with van der Waals surface area (Å²) in [5.41, 5.74) is 1.05. The number of allylic oxidation sites excluding steroid dienone is 1. The van der Waals surface area contributed by atoms with Crippen LogP contribution in [0.25, 0.3) is 0 Å². The van der Waals surface area contributed by atoms with Crippen LogP contribution in [-0.4, -0.2) is 21.9 Å². The summed E-state index contributed by atoms with van der Waals surface area (Å²) < 4.78 is 0. The van der Waals surface area contributed by atoms with Crippen molar-refractivity contribution in [2.75, 3.05) is 11.9 Å². The Balaban J connectivity index is 3.80. The molecule has 0 aromatic rings. The number of alkyl halides is 2. The van der Waals surface area contributed by atoms with Crippen LogP contribution in [-0.2, 0) is 0 Å². The first-order chi connectivity index (χ1) is 5.60. The van der Waals surface area contributed by atoms with Crippen molar-refractivity contribution in [1.82, 2.24) is 0 Å². The first-order valence-electron chi connectivity index (χ1n) is 4.08. The quantitative estimate of drug-likeness (QED) is 0.611. The van der Waals surface area contributed by atoms with Gasteiger partial charge in [0.05, 0.1) is 6.61 Å². The highest BCUT2D eigenvalue weighted by Crippen LogP contribution is 2.17. The summed E-state index contributed by atoms with van der Waals surface area (Å²) >= 11 is 6.96. The lowest BCUT2D eigenvalue weighted by Crippen LogP contribution is -2.05. The summed E-state index contributed by atoms with van der Waals surface area (Å²) in [6, 6.07) is 0. The molecule has 0 heterocycles. The maximum absolute atomic E-state index is 8.79. The minimum absolute atomic E-state index is 0.172. The Labute approximate surface area is 91.5 Å². The van der Waals surface area contributed by atoms with Gasteiger partial charge < -0.3 is 5.11 Å². The average Bonchev–Trinajstić information content (AvgIpc) is 2.03. The molecule has 2 atom stereocenters. The van der Waals surface area contributed by atoms with Gasteiger partial charge in [0.2, 0.25) is 0 Å². The Kier molecular flexibility index (Phi) is 7.49. The van der Waals surface area contributed by atoms with Gasteiger partial charge in [0.1, 0.15) is 0 Å². The zero-order valence-electron chi connectivity index (χ0n) is 7.56. The van der Waals surface area contributed by atoms with Crippen molar-refractivity contribution in [2.24, 2.45) is 5.92 Å². The Morgan fingerprint density at radius 3 is 2.58 bits per heavy atom. The number of aliphatic hydroxyl groups excluding tert-OH is 1. The topological polar surface area (TPSA) is 20.2 Å². The summed E-state index contributed by atoms with van der Waals surface area (Å²) in [6.07, 6.45) is 3.22. The van der Waals surface area contributed by atoms with Crippen molar-refractivity contribution in [3.8, 4) is 0 Å². The van der Waals surface area contributed by atoms with Crippen LogP contribution in [0.2, 0.25) is 0 Å². The SMILES string of the molecule is CC(=CC(C)CC(Br)CBr)CO. The second-order valence-electron chi connectivity index (χ2n) is 3.14. The molecule has 0 saturated carbocycles. The van der Waals surface area contributed by atoms with Gasteiger partial charge in [-0.25, -0.2) is 0 Å². The van der Waals surface area contributed by atoms with Gasteiger partial charge in [0.25, 0.3) is 0 Å². The average molecular weight is 300 g/mol. The van der Waals surface area contributed by atoms with Gasteiger partial charge in [0.15, 0.2) is 0 Å². The Hall–Kier alpha value is 0.660. The number of hydrogen-bond donors (Lipinski definition) is 1. The molecule has 1 nitrogen and oxygen atoms in total. The molecule has 0 aromatic carbocycles. The highest BCUT2D eigenvalue weighted by Gasteiger charge is 2.06. The fourth-order valence-corrected chi connectivity index (χ4v) is 1.93. The van der Waals surface area contributed by atoms with E-state index in [1.165, 1.54) is 0 Å². The minimum atomic E-state index is 0.172. The molecule has 0 bridgehead atoms. The highest BCUT2D eigenvalue weighted by molar-refractivity contribution is 9.12. The van der Waals surface area contributed by atoms with E-state index < -0.39 is 0 Å². The second kappa shape index (κ2) is 7.10. The molecule has 0 spiro atoms. The first-order valence-corrected chi connectivity index (χ1v) is 6.12. The highest BCUT2D eigenvalue weighted by atomic mass is 79.9. The van der Waals surface area contributed by atoms with E-state index in [4.69, 9.17) is 5.11 Å². The van der Waals surface area contributed by atoms with Crippen LogP contribution in [0.1, 0.15) is 20.3 Å². The zero-order valence-corrected chi connectivity index (χ0v) is 10.7. The van der Waals surface area contributed by atoms with Gasteiger partial charge in [-0.2, -0.15) is 0 Å². The van der Waals surface area contributed by atoms with Crippen LogP contribution in [0.3, 0.4) is 0 Å². The molecular formula is C9H16Br2O. The molecule has 1 N–H and O–H groups in total. The molecule has 0 aliphatic heterocycles. The summed E-state index contributed by atoms with van der Waals surface area (Å²) in [4.78, 5) is 0.523. The van der Waals surface area contributed by atoms with Gasteiger partial charge in [-0.1, -0.05) is 50.4 Å². The predicted molar refractivity (Wildman–Crippen MR) is 61.1 cm³/mol. The lowest BCUT2D eigenvalue weighted by molar-refractivity contribution is 0.330. The smallest absolute Gasteiger partial charge is 0.0639 e. The van der Waals surface area contributed by atoms with Crippen LogP contribution in [0.5, 0.6) is 0 Å². The largest absolute Gasteiger partial charge is 0.392 e. The lowest BCUT2D eigenvalue weighted by atomic mass is 10.0. The van der Waals surface area contributed by atoms with Gasteiger partial charge in [-0.15, -0.1) is 0 Å². The van der Waals surface area contributed by atoms with E-state index in [2.05, 4.69) is 44.9 Å². The van der Waals surface area contributed by atoms with E-state index in [-0.39, 0.29) is 6.61 Å². The molecule has 2 unspecified atom stereocenters.